The monoisotopic (exact) mass is 308 g/mol. The Balaban J connectivity index is 2.90. The number of benzene rings is 1. The molecule has 21 heavy (non-hydrogen) atoms. The highest BCUT2D eigenvalue weighted by molar-refractivity contribution is 7.64. The van der Waals surface area contributed by atoms with Gasteiger partial charge in [0.15, 0.2) is 0 Å². The standard InChI is InChI=1S/C18H29O2P/c1-12(10-18(5,6)7)11-21(20)17(19)16-14(3)9-8-13(2)15(16)4/h8-9,12,21H,10-11H2,1-7H3. The van der Waals surface area contributed by atoms with Gasteiger partial charge in [0.05, 0.1) is 0 Å². The fourth-order valence-corrected chi connectivity index (χ4v) is 4.59. The summed E-state index contributed by atoms with van der Waals surface area (Å²) >= 11 is 0. The van der Waals surface area contributed by atoms with Crippen molar-refractivity contribution < 1.29 is 9.36 Å². The zero-order valence-electron chi connectivity index (χ0n) is 14.5. The summed E-state index contributed by atoms with van der Waals surface area (Å²) in [7, 11) is -2.24. The lowest BCUT2D eigenvalue weighted by atomic mass is 9.86. The van der Waals surface area contributed by atoms with Crippen molar-refractivity contribution >= 4 is 13.3 Å². The first kappa shape index (κ1) is 18.2. The number of hydrogen-bond donors (Lipinski definition) is 0. The van der Waals surface area contributed by atoms with Crippen LogP contribution in [0.25, 0.3) is 0 Å². The summed E-state index contributed by atoms with van der Waals surface area (Å²) in [6.07, 6.45) is 1.51. The van der Waals surface area contributed by atoms with Crippen molar-refractivity contribution in [3.8, 4) is 0 Å². The van der Waals surface area contributed by atoms with E-state index in [9.17, 15) is 9.36 Å². The van der Waals surface area contributed by atoms with Gasteiger partial charge in [0.25, 0.3) is 0 Å². The Kier molecular flexibility index (Phi) is 5.99. The summed E-state index contributed by atoms with van der Waals surface area (Å²) < 4.78 is 12.5. The van der Waals surface area contributed by atoms with Crippen LogP contribution in [-0.2, 0) is 4.57 Å². The van der Waals surface area contributed by atoms with E-state index < -0.39 is 7.80 Å². The highest BCUT2D eigenvalue weighted by Gasteiger charge is 2.23. The van der Waals surface area contributed by atoms with Crippen molar-refractivity contribution in [2.45, 2.75) is 54.9 Å². The Morgan fingerprint density at radius 2 is 1.67 bits per heavy atom. The minimum absolute atomic E-state index is 0.139. The molecule has 0 aliphatic rings. The van der Waals surface area contributed by atoms with Crippen molar-refractivity contribution in [2.24, 2.45) is 11.3 Å². The third-order valence-electron chi connectivity index (χ3n) is 3.92. The van der Waals surface area contributed by atoms with Gasteiger partial charge in [-0.2, -0.15) is 0 Å². The second-order valence-corrected chi connectivity index (χ2v) is 9.23. The van der Waals surface area contributed by atoms with E-state index >= 15 is 0 Å². The highest BCUT2D eigenvalue weighted by atomic mass is 31.1. The number of carbonyl (C=O) groups is 1. The molecule has 0 aromatic heterocycles. The van der Waals surface area contributed by atoms with Crippen molar-refractivity contribution in [1.82, 2.24) is 0 Å². The molecule has 0 radical (unpaired) electrons. The Hall–Kier alpha value is -0.880. The third kappa shape index (κ3) is 5.11. The van der Waals surface area contributed by atoms with E-state index in [1.54, 1.807) is 0 Å². The van der Waals surface area contributed by atoms with E-state index in [4.69, 9.17) is 0 Å². The summed E-state index contributed by atoms with van der Waals surface area (Å²) in [5.74, 6) is 0.311. The largest absolute Gasteiger partial charge is 0.318 e. The first-order chi connectivity index (χ1) is 9.53. The van der Waals surface area contributed by atoms with Gasteiger partial charge < -0.3 is 4.57 Å². The van der Waals surface area contributed by atoms with Crippen molar-refractivity contribution in [2.75, 3.05) is 6.16 Å². The quantitative estimate of drug-likeness (QED) is 0.684. The summed E-state index contributed by atoms with van der Waals surface area (Å²) in [5, 5.41) is 0. The number of carbonyl (C=O) groups excluding carboxylic acids is 1. The van der Waals surface area contributed by atoms with Crippen LogP contribution in [0.4, 0.5) is 0 Å². The van der Waals surface area contributed by atoms with E-state index in [-0.39, 0.29) is 10.9 Å². The summed E-state index contributed by atoms with van der Waals surface area (Å²) in [5.41, 5.74) is 3.74. The average Bonchev–Trinajstić information content (AvgIpc) is 2.31. The zero-order valence-corrected chi connectivity index (χ0v) is 15.5. The van der Waals surface area contributed by atoms with E-state index in [1.165, 1.54) is 0 Å². The Labute approximate surface area is 130 Å². The molecule has 2 atom stereocenters. The van der Waals surface area contributed by atoms with Crippen LogP contribution in [0.3, 0.4) is 0 Å². The first-order valence-corrected chi connectivity index (χ1v) is 9.29. The van der Waals surface area contributed by atoms with Crippen LogP contribution in [0, 0.1) is 32.1 Å². The van der Waals surface area contributed by atoms with E-state index in [0.29, 0.717) is 17.6 Å². The minimum atomic E-state index is -2.24. The highest BCUT2D eigenvalue weighted by Crippen LogP contribution is 2.36. The number of hydrogen-bond acceptors (Lipinski definition) is 2. The summed E-state index contributed by atoms with van der Waals surface area (Å²) in [6, 6.07) is 3.96. The maximum absolute atomic E-state index is 12.6. The molecule has 1 aromatic rings. The fraction of sp³-hybridized carbons (Fsp3) is 0.611. The van der Waals surface area contributed by atoms with Crippen LogP contribution < -0.4 is 0 Å². The molecule has 2 nitrogen and oxygen atoms in total. The molecule has 0 spiro atoms. The van der Waals surface area contributed by atoms with Crippen molar-refractivity contribution in [1.29, 1.82) is 0 Å². The zero-order chi connectivity index (χ0) is 16.4. The predicted molar refractivity (Wildman–Crippen MR) is 92.1 cm³/mol. The Morgan fingerprint density at radius 1 is 1.14 bits per heavy atom. The maximum Gasteiger partial charge on any atom is 0.219 e. The van der Waals surface area contributed by atoms with Crippen LogP contribution in [-0.4, -0.2) is 11.7 Å². The molecule has 0 saturated carbocycles. The fourth-order valence-electron chi connectivity index (χ4n) is 2.97. The predicted octanol–water partition coefficient (Wildman–Crippen LogP) is 5.38. The normalized spacial score (nSPS) is 14.8. The van der Waals surface area contributed by atoms with E-state index in [0.717, 1.165) is 23.1 Å². The molecule has 2 unspecified atom stereocenters. The first-order valence-electron chi connectivity index (χ1n) is 7.67. The smallest absolute Gasteiger partial charge is 0.219 e. The topological polar surface area (TPSA) is 34.1 Å². The number of aryl methyl sites for hydroxylation is 2. The summed E-state index contributed by atoms with van der Waals surface area (Å²) in [4.78, 5) is 12.6. The van der Waals surface area contributed by atoms with Gasteiger partial charge in [-0.05, 0) is 55.2 Å². The summed E-state index contributed by atoms with van der Waals surface area (Å²) in [6.45, 7) is 14.5. The van der Waals surface area contributed by atoms with Gasteiger partial charge in [0.1, 0.15) is 7.80 Å². The molecule has 0 heterocycles. The SMILES string of the molecule is Cc1ccc(C)c(C(=O)[PH](=O)CC(C)CC(C)(C)C)c1C. The van der Waals surface area contributed by atoms with Gasteiger partial charge in [0.2, 0.25) is 5.52 Å². The third-order valence-corrected chi connectivity index (χ3v) is 5.74. The Bertz CT molecular complexity index is 553. The Morgan fingerprint density at radius 3 is 2.19 bits per heavy atom. The van der Waals surface area contributed by atoms with Crippen LogP contribution in [0.1, 0.15) is 61.2 Å². The number of rotatable bonds is 5. The molecule has 3 heteroatoms. The van der Waals surface area contributed by atoms with Crippen LogP contribution in [0.2, 0.25) is 0 Å². The molecule has 118 valence electrons. The van der Waals surface area contributed by atoms with Crippen molar-refractivity contribution in [3.05, 3.63) is 34.4 Å². The molecule has 0 fully saturated rings. The van der Waals surface area contributed by atoms with E-state index in [1.807, 2.05) is 32.9 Å². The van der Waals surface area contributed by atoms with Gasteiger partial charge in [0, 0.05) is 11.7 Å². The van der Waals surface area contributed by atoms with Crippen LogP contribution in [0.15, 0.2) is 12.1 Å². The van der Waals surface area contributed by atoms with Crippen LogP contribution in [0.5, 0.6) is 0 Å². The van der Waals surface area contributed by atoms with Gasteiger partial charge in [-0.1, -0.05) is 39.8 Å². The minimum Gasteiger partial charge on any atom is -0.318 e. The van der Waals surface area contributed by atoms with Gasteiger partial charge in [-0.15, -0.1) is 0 Å². The maximum atomic E-state index is 12.6. The lowest BCUT2D eigenvalue weighted by Crippen LogP contribution is -2.14. The molecule has 0 N–H and O–H groups in total. The lowest BCUT2D eigenvalue weighted by molar-refractivity contribution is 0.107. The van der Waals surface area contributed by atoms with Gasteiger partial charge >= 0.3 is 0 Å². The molecular formula is C18H29O2P. The lowest BCUT2D eigenvalue weighted by Gasteiger charge is -2.23. The molecule has 1 rings (SSSR count). The molecule has 0 bridgehead atoms. The molecule has 1 aromatic carbocycles. The molecule has 0 aliphatic heterocycles. The second-order valence-electron chi connectivity index (χ2n) is 7.53. The van der Waals surface area contributed by atoms with Gasteiger partial charge in [-0.3, -0.25) is 4.79 Å². The average molecular weight is 308 g/mol. The molecule has 0 aliphatic carbocycles. The second kappa shape index (κ2) is 6.92. The molecular weight excluding hydrogens is 279 g/mol. The van der Waals surface area contributed by atoms with E-state index in [2.05, 4.69) is 27.7 Å². The van der Waals surface area contributed by atoms with Crippen LogP contribution >= 0.6 is 7.80 Å². The molecule has 0 saturated heterocycles. The van der Waals surface area contributed by atoms with Crippen molar-refractivity contribution in [3.63, 3.8) is 0 Å². The van der Waals surface area contributed by atoms with Gasteiger partial charge in [-0.25, -0.2) is 0 Å². The molecule has 0 amide bonds.